The Bertz CT molecular complexity index is 295. The summed E-state index contributed by atoms with van der Waals surface area (Å²) in [5, 5.41) is 9.07. The molecule has 0 radical (unpaired) electrons. The molecule has 1 heterocycles. The Kier molecular flexibility index (Phi) is 6.82. The molecule has 0 aromatic heterocycles. The molecule has 0 saturated carbocycles. The molecule has 110 valence electrons. The summed E-state index contributed by atoms with van der Waals surface area (Å²) >= 11 is 0. The average Bonchev–Trinajstić information content (AvgIpc) is 2.64. The van der Waals surface area contributed by atoms with Gasteiger partial charge < -0.3 is 10.6 Å². The second kappa shape index (κ2) is 7.87. The standard InChI is InChI=1S/C16H31N3/c1-4-16(18,13-17)9-6-11-19-10-5-7-15(8-12-19)14(2)3/h14-15H,4-12,18H2,1-3H3. The summed E-state index contributed by atoms with van der Waals surface area (Å²) in [4.78, 5) is 2.57. The molecular weight excluding hydrogens is 234 g/mol. The van der Waals surface area contributed by atoms with Crippen LogP contribution in [-0.4, -0.2) is 30.1 Å². The van der Waals surface area contributed by atoms with Crippen LogP contribution in [0.1, 0.15) is 59.3 Å². The first-order chi connectivity index (χ1) is 9.00. The number of nitrogens with two attached hydrogens (primary N) is 1. The minimum absolute atomic E-state index is 0.605. The largest absolute Gasteiger partial charge is 0.313 e. The van der Waals surface area contributed by atoms with E-state index in [-0.39, 0.29) is 0 Å². The summed E-state index contributed by atoms with van der Waals surface area (Å²) in [6, 6.07) is 2.26. The third-order valence-corrected chi connectivity index (χ3v) is 4.76. The smallest absolute Gasteiger partial charge is 0.104 e. The van der Waals surface area contributed by atoms with Crippen molar-refractivity contribution in [2.45, 2.75) is 64.8 Å². The molecule has 0 bridgehead atoms. The molecule has 19 heavy (non-hydrogen) atoms. The fourth-order valence-electron chi connectivity index (χ4n) is 3.00. The quantitative estimate of drug-likeness (QED) is 0.802. The Morgan fingerprint density at radius 1 is 1.37 bits per heavy atom. The number of likely N-dealkylation sites (tertiary alicyclic amines) is 1. The van der Waals surface area contributed by atoms with Gasteiger partial charge in [0.2, 0.25) is 0 Å². The van der Waals surface area contributed by atoms with Crippen LogP contribution in [0.3, 0.4) is 0 Å². The molecule has 0 aromatic rings. The molecule has 1 aliphatic heterocycles. The lowest BCUT2D eigenvalue weighted by Crippen LogP contribution is -2.38. The van der Waals surface area contributed by atoms with Crippen LogP contribution >= 0.6 is 0 Å². The molecule has 1 saturated heterocycles. The fourth-order valence-corrected chi connectivity index (χ4v) is 3.00. The molecule has 2 atom stereocenters. The van der Waals surface area contributed by atoms with E-state index in [1.807, 2.05) is 6.92 Å². The van der Waals surface area contributed by atoms with Crippen molar-refractivity contribution < 1.29 is 0 Å². The van der Waals surface area contributed by atoms with Gasteiger partial charge in [-0.15, -0.1) is 0 Å². The Hall–Kier alpha value is -0.590. The van der Waals surface area contributed by atoms with Gasteiger partial charge in [-0.1, -0.05) is 20.8 Å². The number of hydrogen-bond donors (Lipinski definition) is 1. The molecule has 1 rings (SSSR count). The highest BCUT2D eigenvalue weighted by atomic mass is 15.1. The zero-order valence-corrected chi connectivity index (χ0v) is 13.0. The maximum atomic E-state index is 9.07. The summed E-state index contributed by atoms with van der Waals surface area (Å²) in [6.07, 6.45) is 6.65. The van der Waals surface area contributed by atoms with Gasteiger partial charge in [0.25, 0.3) is 0 Å². The monoisotopic (exact) mass is 265 g/mol. The Balaban J connectivity index is 2.29. The number of nitriles is 1. The first-order valence-corrected chi connectivity index (χ1v) is 7.93. The average molecular weight is 265 g/mol. The first-order valence-electron chi connectivity index (χ1n) is 7.93. The lowest BCUT2D eigenvalue weighted by atomic mass is 9.89. The van der Waals surface area contributed by atoms with E-state index in [0.29, 0.717) is 0 Å². The molecule has 0 aliphatic carbocycles. The fraction of sp³-hybridized carbons (Fsp3) is 0.938. The number of nitrogens with zero attached hydrogens (tertiary/aromatic N) is 2. The van der Waals surface area contributed by atoms with Crippen LogP contribution in [0.5, 0.6) is 0 Å². The van der Waals surface area contributed by atoms with E-state index < -0.39 is 5.54 Å². The topological polar surface area (TPSA) is 53.1 Å². The van der Waals surface area contributed by atoms with E-state index in [1.165, 1.54) is 32.4 Å². The van der Waals surface area contributed by atoms with Gasteiger partial charge in [-0.25, -0.2) is 0 Å². The van der Waals surface area contributed by atoms with Crippen molar-refractivity contribution in [3.63, 3.8) is 0 Å². The van der Waals surface area contributed by atoms with Gasteiger partial charge in [-0.05, 0) is 70.0 Å². The van der Waals surface area contributed by atoms with Crippen molar-refractivity contribution in [2.75, 3.05) is 19.6 Å². The molecule has 1 fully saturated rings. The Labute approximate surface area is 119 Å². The number of rotatable bonds is 6. The van der Waals surface area contributed by atoms with Crippen molar-refractivity contribution in [2.24, 2.45) is 17.6 Å². The second-order valence-electron chi connectivity index (χ2n) is 6.50. The van der Waals surface area contributed by atoms with Gasteiger partial charge in [0, 0.05) is 0 Å². The van der Waals surface area contributed by atoms with Crippen molar-refractivity contribution in [1.82, 2.24) is 4.90 Å². The van der Waals surface area contributed by atoms with Crippen LogP contribution in [0.15, 0.2) is 0 Å². The SMILES string of the molecule is CCC(N)(C#N)CCCN1CCCC(C(C)C)CC1. The zero-order valence-electron chi connectivity index (χ0n) is 13.0. The molecule has 0 spiro atoms. The van der Waals surface area contributed by atoms with Gasteiger partial charge in [0.1, 0.15) is 5.54 Å². The normalized spacial score (nSPS) is 24.7. The molecule has 2 N–H and O–H groups in total. The van der Waals surface area contributed by atoms with E-state index in [1.54, 1.807) is 0 Å². The van der Waals surface area contributed by atoms with E-state index in [0.717, 1.165) is 37.6 Å². The van der Waals surface area contributed by atoms with Gasteiger partial charge in [0.05, 0.1) is 6.07 Å². The van der Waals surface area contributed by atoms with Gasteiger partial charge in [0.15, 0.2) is 0 Å². The summed E-state index contributed by atoms with van der Waals surface area (Å²) in [5.41, 5.74) is 5.42. The van der Waals surface area contributed by atoms with E-state index >= 15 is 0 Å². The lowest BCUT2D eigenvalue weighted by molar-refractivity contribution is 0.260. The van der Waals surface area contributed by atoms with E-state index in [9.17, 15) is 0 Å². The highest BCUT2D eigenvalue weighted by Crippen LogP contribution is 2.25. The maximum Gasteiger partial charge on any atom is 0.104 e. The minimum atomic E-state index is -0.605. The van der Waals surface area contributed by atoms with Crippen LogP contribution in [-0.2, 0) is 0 Å². The van der Waals surface area contributed by atoms with Crippen molar-refractivity contribution in [1.29, 1.82) is 5.26 Å². The molecule has 3 heteroatoms. The van der Waals surface area contributed by atoms with Crippen molar-refractivity contribution in [3.8, 4) is 6.07 Å². The third-order valence-electron chi connectivity index (χ3n) is 4.76. The first kappa shape index (κ1) is 16.5. The predicted molar refractivity (Wildman–Crippen MR) is 80.7 cm³/mol. The highest BCUT2D eigenvalue weighted by molar-refractivity contribution is 5.03. The molecule has 0 amide bonds. The molecule has 1 aliphatic rings. The van der Waals surface area contributed by atoms with E-state index in [4.69, 9.17) is 11.0 Å². The van der Waals surface area contributed by atoms with Crippen molar-refractivity contribution in [3.05, 3.63) is 0 Å². The van der Waals surface area contributed by atoms with Crippen LogP contribution in [0, 0.1) is 23.2 Å². The Morgan fingerprint density at radius 3 is 2.68 bits per heavy atom. The molecule has 0 aromatic carbocycles. The maximum absolute atomic E-state index is 9.07. The van der Waals surface area contributed by atoms with Crippen LogP contribution in [0.2, 0.25) is 0 Å². The predicted octanol–water partition coefficient (Wildman–Crippen LogP) is 3.16. The van der Waals surface area contributed by atoms with Crippen LogP contribution in [0.25, 0.3) is 0 Å². The number of hydrogen-bond acceptors (Lipinski definition) is 3. The zero-order chi connectivity index (χ0) is 14.3. The van der Waals surface area contributed by atoms with Crippen molar-refractivity contribution >= 4 is 0 Å². The summed E-state index contributed by atoms with van der Waals surface area (Å²) in [6.45, 7) is 10.2. The highest BCUT2D eigenvalue weighted by Gasteiger charge is 2.23. The van der Waals surface area contributed by atoms with Gasteiger partial charge in [-0.2, -0.15) is 5.26 Å². The third kappa shape index (κ3) is 5.50. The van der Waals surface area contributed by atoms with Crippen LogP contribution in [0.4, 0.5) is 0 Å². The molecular formula is C16H31N3. The molecule has 3 nitrogen and oxygen atoms in total. The minimum Gasteiger partial charge on any atom is -0.313 e. The lowest BCUT2D eigenvalue weighted by Gasteiger charge is -2.24. The Morgan fingerprint density at radius 2 is 2.11 bits per heavy atom. The van der Waals surface area contributed by atoms with Gasteiger partial charge >= 0.3 is 0 Å². The second-order valence-corrected chi connectivity index (χ2v) is 6.50. The molecule has 2 unspecified atom stereocenters. The van der Waals surface area contributed by atoms with Crippen LogP contribution < -0.4 is 5.73 Å². The summed E-state index contributed by atoms with van der Waals surface area (Å²) in [7, 11) is 0. The van der Waals surface area contributed by atoms with E-state index in [2.05, 4.69) is 24.8 Å². The summed E-state index contributed by atoms with van der Waals surface area (Å²) in [5.74, 6) is 1.71. The summed E-state index contributed by atoms with van der Waals surface area (Å²) < 4.78 is 0. The van der Waals surface area contributed by atoms with Gasteiger partial charge in [-0.3, -0.25) is 0 Å².